The second-order valence-corrected chi connectivity index (χ2v) is 9.67. The summed E-state index contributed by atoms with van der Waals surface area (Å²) >= 11 is 3.37. The van der Waals surface area contributed by atoms with Crippen LogP contribution < -0.4 is 15.6 Å². The number of benzene rings is 1. The number of halogens is 3. The number of carbonyl (C=O) groups is 1. The number of hydrogen-bond donors (Lipinski definition) is 1. The zero-order valence-electron chi connectivity index (χ0n) is 17.5. The molecule has 0 atom stereocenters. The molecule has 1 aromatic carbocycles. The Hall–Kier alpha value is -3.41. The number of nitrogens with zero attached hydrogens (tertiary/aromatic N) is 5. The minimum atomic E-state index is -2.63. The van der Waals surface area contributed by atoms with E-state index in [-0.39, 0.29) is 31.1 Å². The van der Waals surface area contributed by atoms with Gasteiger partial charge in [-0.15, -0.1) is 10.2 Å². The highest BCUT2D eigenvalue weighted by Crippen LogP contribution is 2.71. The number of carbonyl (C=O) groups excluding carboxylic acids is 1. The van der Waals surface area contributed by atoms with E-state index in [4.69, 9.17) is 4.74 Å². The third-order valence-electron chi connectivity index (χ3n) is 6.40. The van der Waals surface area contributed by atoms with E-state index < -0.39 is 35.5 Å². The van der Waals surface area contributed by atoms with Gasteiger partial charge in [0.15, 0.2) is 5.65 Å². The molecule has 2 aliphatic rings. The summed E-state index contributed by atoms with van der Waals surface area (Å²) in [5.74, 6) is -2.96. The number of amides is 1. The summed E-state index contributed by atoms with van der Waals surface area (Å²) < 4.78 is 36.3. The summed E-state index contributed by atoms with van der Waals surface area (Å²) in [6, 6.07) is 10.3. The summed E-state index contributed by atoms with van der Waals surface area (Å²) in [7, 11) is 0. The molecular weight excluding hydrogens is 514 g/mol. The minimum Gasteiger partial charge on any atom is -0.473 e. The van der Waals surface area contributed by atoms with Crippen LogP contribution in [-0.4, -0.2) is 42.3 Å². The minimum absolute atomic E-state index is 0.0931. The van der Waals surface area contributed by atoms with E-state index in [9.17, 15) is 18.4 Å². The summed E-state index contributed by atoms with van der Waals surface area (Å²) in [5, 5.41) is 11.7. The Morgan fingerprint density at radius 2 is 2.00 bits per heavy atom. The van der Waals surface area contributed by atoms with Crippen molar-refractivity contribution in [3.63, 3.8) is 0 Å². The van der Waals surface area contributed by atoms with Crippen LogP contribution in [0.5, 0.6) is 5.88 Å². The van der Waals surface area contributed by atoms with E-state index in [2.05, 4.69) is 36.4 Å². The van der Waals surface area contributed by atoms with Gasteiger partial charge in [-0.2, -0.15) is 4.98 Å². The van der Waals surface area contributed by atoms with E-state index in [0.29, 0.717) is 20.9 Å². The van der Waals surface area contributed by atoms with Crippen LogP contribution in [0.1, 0.15) is 19.3 Å². The van der Waals surface area contributed by atoms with Crippen molar-refractivity contribution in [1.29, 1.82) is 0 Å². The molecular formula is C22H17BrF2N6O3. The summed E-state index contributed by atoms with van der Waals surface area (Å²) in [6.07, 6.45) is 1.62. The second kappa shape index (κ2) is 7.29. The normalized spacial score (nSPS) is 22.6. The fourth-order valence-electron chi connectivity index (χ4n) is 4.48. The van der Waals surface area contributed by atoms with Gasteiger partial charge in [0.05, 0.1) is 10.8 Å². The highest BCUT2D eigenvalue weighted by molar-refractivity contribution is 9.10. The predicted molar refractivity (Wildman–Crippen MR) is 121 cm³/mol. The smallest absolute Gasteiger partial charge is 0.275 e. The highest BCUT2D eigenvalue weighted by Gasteiger charge is 2.76. The van der Waals surface area contributed by atoms with Crippen molar-refractivity contribution in [3.05, 3.63) is 57.4 Å². The van der Waals surface area contributed by atoms with Crippen LogP contribution in [0.15, 0.2) is 51.9 Å². The molecule has 0 saturated heterocycles. The first-order valence-corrected chi connectivity index (χ1v) is 11.4. The van der Waals surface area contributed by atoms with Crippen LogP contribution in [0, 0.1) is 5.41 Å². The van der Waals surface area contributed by atoms with Crippen LogP contribution in [0.4, 0.5) is 14.7 Å². The summed E-state index contributed by atoms with van der Waals surface area (Å²) in [4.78, 5) is 29.8. The lowest BCUT2D eigenvalue weighted by Gasteiger charge is -2.35. The topological polar surface area (TPSA) is 103 Å². The van der Waals surface area contributed by atoms with Gasteiger partial charge < -0.3 is 4.74 Å². The molecule has 174 valence electrons. The maximum Gasteiger partial charge on any atom is 0.275 e. The molecule has 0 radical (unpaired) electrons. The van der Waals surface area contributed by atoms with Gasteiger partial charge in [0.1, 0.15) is 12.6 Å². The SMILES string of the molecule is O=C(Cn1nc(OC2CC3(C2)CC3(F)F)c2cc(Br)ccc2c1=O)Nc1nc2ccccn2n1. The molecule has 0 bridgehead atoms. The second-order valence-electron chi connectivity index (χ2n) is 8.75. The molecule has 2 fully saturated rings. The average Bonchev–Trinajstić information content (AvgIpc) is 3.12. The maximum atomic E-state index is 13.6. The third kappa shape index (κ3) is 3.44. The van der Waals surface area contributed by atoms with Crippen LogP contribution in [0.3, 0.4) is 0 Å². The number of aromatic nitrogens is 5. The maximum absolute atomic E-state index is 13.6. The van der Waals surface area contributed by atoms with Gasteiger partial charge in [-0.3, -0.25) is 14.9 Å². The molecule has 3 aromatic heterocycles. The van der Waals surface area contributed by atoms with Gasteiger partial charge in [0.25, 0.3) is 11.5 Å². The highest BCUT2D eigenvalue weighted by atomic mass is 79.9. The Labute approximate surface area is 198 Å². The van der Waals surface area contributed by atoms with Crippen LogP contribution >= 0.6 is 15.9 Å². The van der Waals surface area contributed by atoms with Crippen molar-refractivity contribution in [1.82, 2.24) is 24.4 Å². The number of ether oxygens (including phenoxy) is 1. The molecule has 3 heterocycles. The number of hydrogen-bond acceptors (Lipinski definition) is 6. The third-order valence-corrected chi connectivity index (χ3v) is 6.89. The van der Waals surface area contributed by atoms with Crippen LogP contribution in [-0.2, 0) is 11.3 Å². The molecule has 1 N–H and O–H groups in total. The zero-order chi connectivity index (χ0) is 23.7. The monoisotopic (exact) mass is 530 g/mol. The molecule has 1 amide bonds. The number of rotatable bonds is 5. The average molecular weight is 531 g/mol. The van der Waals surface area contributed by atoms with Crippen molar-refractivity contribution in [3.8, 4) is 5.88 Å². The first kappa shape index (κ1) is 21.1. The molecule has 6 rings (SSSR count). The van der Waals surface area contributed by atoms with Crippen LogP contribution in [0.25, 0.3) is 16.4 Å². The number of pyridine rings is 1. The van der Waals surface area contributed by atoms with Gasteiger partial charge in [-0.1, -0.05) is 22.0 Å². The van der Waals surface area contributed by atoms with Crippen molar-refractivity contribution in [2.75, 3.05) is 5.32 Å². The van der Waals surface area contributed by atoms with Gasteiger partial charge >= 0.3 is 0 Å². The first-order valence-electron chi connectivity index (χ1n) is 10.6. The standard InChI is InChI=1S/C22H17BrF2N6O3/c23-12-4-5-14-15(7-12)18(34-13-8-21(9-13)11-22(21,24)25)28-31(19(14)33)10-17(32)27-20-26-16-3-1-2-6-30(16)29-20/h1-7,13H,8-11H2,(H,27,29,32). The first-order chi connectivity index (χ1) is 16.2. The van der Waals surface area contributed by atoms with Crippen molar-refractivity contribution < 1.29 is 18.3 Å². The van der Waals surface area contributed by atoms with Crippen molar-refractivity contribution in [2.24, 2.45) is 5.41 Å². The Morgan fingerprint density at radius 1 is 1.21 bits per heavy atom. The summed E-state index contributed by atoms with van der Waals surface area (Å²) in [6.45, 7) is -0.399. The van der Waals surface area contributed by atoms with E-state index in [0.717, 1.165) is 4.68 Å². The Balaban J connectivity index is 1.27. The number of alkyl halides is 2. The van der Waals surface area contributed by atoms with E-state index in [1.165, 1.54) is 4.52 Å². The largest absolute Gasteiger partial charge is 0.473 e. The van der Waals surface area contributed by atoms with Gasteiger partial charge in [0, 0.05) is 22.5 Å². The van der Waals surface area contributed by atoms with Gasteiger partial charge in [-0.05, 0) is 43.2 Å². The van der Waals surface area contributed by atoms with E-state index in [1.807, 2.05) is 0 Å². The fourth-order valence-corrected chi connectivity index (χ4v) is 4.84. The quantitative estimate of drug-likeness (QED) is 0.424. The van der Waals surface area contributed by atoms with Crippen molar-refractivity contribution >= 4 is 44.2 Å². The predicted octanol–water partition coefficient (Wildman–Crippen LogP) is 3.41. The lowest BCUT2D eigenvalue weighted by atomic mass is 9.78. The Bertz CT molecular complexity index is 1500. The Kier molecular flexibility index (Phi) is 4.54. The molecule has 2 saturated carbocycles. The summed E-state index contributed by atoms with van der Waals surface area (Å²) in [5.41, 5.74) is -0.880. The van der Waals surface area contributed by atoms with Gasteiger partial charge in [0.2, 0.25) is 17.7 Å². The molecule has 0 unspecified atom stereocenters. The van der Waals surface area contributed by atoms with E-state index in [1.54, 1.807) is 42.6 Å². The van der Waals surface area contributed by atoms with E-state index >= 15 is 0 Å². The molecule has 0 aliphatic heterocycles. The number of nitrogens with one attached hydrogen (secondary N) is 1. The fraction of sp³-hybridized carbons (Fsp3) is 0.318. The number of anilines is 1. The lowest BCUT2D eigenvalue weighted by molar-refractivity contribution is -0.117. The van der Waals surface area contributed by atoms with Crippen molar-refractivity contribution in [2.45, 2.75) is 37.8 Å². The molecule has 34 heavy (non-hydrogen) atoms. The molecule has 4 aromatic rings. The van der Waals surface area contributed by atoms with Gasteiger partial charge in [-0.25, -0.2) is 18.0 Å². The molecule has 12 heteroatoms. The molecule has 2 aliphatic carbocycles. The molecule has 9 nitrogen and oxygen atoms in total. The molecule has 1 spiro atoms. The van der Waals surface area contributed by atoms with Crippen LogP contribution in [0.2, 0.25) is 0 Å². The Morgan fingerprint density at radius 3 is 2.74 bits per heavy atom. The zero-order valence-corrected chi connectivity index (χ0v) is 19.1. The number of fused-ring (bicyclic) bond motifs is 2. The lowest BCUT2D eigenvalue weighted by Crippen LogP contribution is -2.39.